The minimum atomic E-state index is -0.292. The lowest BCUT2D eigenvalue weighted by molar-refractivity contribution is -0.132. The van der Waals surface area contributed by atoms with Crippen LogP contribution in [0.5, 0.6) is 0 Å². The third kappa shape index (κ3) is 5.84. The van der Waals surface area contributed by atoms with Crippen LogP contribution in [0, 0.1) is 5.82 Å². The number of hydrogen-bond donors (Lipinski definition) is 0. The summed E-state index contributed by atoms with van der Waals surface area (Å²) in [6.45, 7) is 2.83. The Bertz CT molecular complexity index is 533. The van der Waals surface area contributed by atoms with Gasteiger partial charge in [0.05, 0.1) is 24.7 Å². The molecule has 1 aromatic carbocycles. The Balaban J connectivity index is 1.69. The van der Waals surface area contributed by atoms with Crippen LogP contribution in [0.4, 0.5) is 4.39 Å². The average Bonchev–Trinajstić information content (AvgIpc) is 2.57. The van der Waals surface area contributed by atoms with Crippen molar-refractivity contribution in [2.45, 2.75) is 6.54 Å². The first-order chi connectivity index (χ1) is 11.1. The van der Waals surface area contributed by atoms with E-state index in [2.05, 4.69) is 0 Å². The zero-order valence-electron chi connectivity index (χ0n) is 13.2. The van der Waals surface area contributed by atoms with Crippen molar-refractivity contribution in [2.75, 3.05) is 44.9 Å². The van der Waals surface area contributed by atoms with Crippen LogP contribution in [-0.4, -0.2) is 66.5 Å². The van der Waals surface area contributed by atoms with Gasteiger partial charge in [-0.05, 0) is 17.7 Å². The summed E-state index contributed by atoms with van der Waals surface area (Å²) < 4.78 is 18.1. The van der Waals surface area contributed by atoms with E-state index in [1.807, 2.05) is 0 Å². The Hall–Kier alpha value is -1.60. The number of ether oxygens (including phenoxy) is 1. The van der Waals surface area contributed by atoms with Crippen molar-refractivity contribution in [3.05, 3.63) is 35.6 Å². The lowest BCUT2D eigenvalue weighted by atomic mass is 10.2. The first kappa shape index (κ1) is 17.7. The standard InChI is InChI=1S/C16H21FN2O3S/c1-18(10-13-2-4-14(17)5-3-13)15(20)11-23-12-16(21)19-6-8-22-9-7-19/h2-5H,6-12H2,1H3. The number of rotatable bonds is 6. The van der Waals surface area contributed by atoms with Gasteiger partial charge in [-0.15, -0.1) is 11.8 Å². The van der Waals surface area contributed by atoms with Gasteiger partial charge in [0.2, 0.25) is 11.8 Å². The Labute approximate surface area is 139 Å². The van der Waals surface area contributed by atoms with Gasteiger partial charge in [-0.2, -0.15) is 0 Å². The van der Waals surface area contributed by atoms with Crippen LogP contribution in [0.25, 0.3) is 0 Å². The van der Waals surface area contributed by atoms with Crippen molar-refractivity contribution in [2.24, 2.45) is 0 Å². The molecule has 0 spiro atoms. The fourth-order valence-corrected chi connectivity index (χ4v) is 3.05. The van der Waals surface area contributed by atoms with E-state index in [-0.39, 0.29) is 23.4 Å². The summed E-state index contributed by atoms with van der Waals surface area (Å²) in [5, 5.41) is 0. The van der Waals surface area contributed by atoms with E-state index in [0.717, 1.165) is 5.56 Å². The van der Waals surface area contributed by atoms with E-state index in [1.165, 1.54) is 23.9 Å². The zero-order chi connectivity index (χ0) is 16.7. The van der Waals surface area contributed by atoms with Crippen molar-refractivity contribution >= 4 is 23.6 Å². The smallest absolute Gasteiger partial charge is 0.232 e. The second-order valence-corrected chi connectivity index (χ2v) is 6.35. The molecule has 2 amide bonds. The summed E-state index contributed by atoms with van der Waals surface area (Å²) in [5.74, 6) is 0.269. The molecule has 7 heteroatoms. The average molecular weight is 340 g/mol. The van der Waals surface area contributed by atoms with Gasteiger partial charge >= 0.3 is 0 Å². The van der Waals surface area contributed by atoms with Crippen molar-refractivity contribution in [3.63, 3.8) is 0 Å². The molecular formula is C16H21FN2O3S. The highest BCUT2D eigenvalue weighted by Crippen LogP contribution is 2.09. The predicted octanol–water partition coefficient (Wildman–Crippen LogP) is 1.38. The fraction of sp³-hybridized carbons (Fsp3) is 0.500. The zero-order valence-corrected chi connectivity index (χ0v) is 14.0. The normalized spacial score (nSPS) is 14.6. The number of morpholine rings is 1. The minimum absolute atomic E-state index is 0.0471. The topological polar surface area (TPSA) is 49.9 Å². The largest absolute Gasteiger partial charge is 0.378 e. The molecule has 23 heavy (non-hydrogen) atoms. The molecule has 0 aromatic heterocycles. The van der Waals surface area contributed by atoms with E-state index >= 15 is 0 Å². The molecule has 1 heterocycles. The number of amides is 2. The second-order valence-electron chi connectivity index (χ2n) is 5.36. The highest BCUT2D eigenvalue weighted by molar-refractivity contribution is 8.00. The molecule has 1 aromatic rings. The van der Waals surface area contributed by atoms with Crippen LogP contribution in [0.3, 0.4) is 0 Å². The summed E-state index contributed by atoms with van der Waals surface area (Å²) in [6, 6.07) is 6.08. The monoisotopic (exact) mass is 340 g/mol. The summed E-state index contributed by atoms with van der Waals surface area (Å²) in [6.07, 6.45) is 0. The fourth-order valence-electron chi connectivity index (χ4n) is 2.19. The van der Waals surface area contributed by atoms with Gasteiger partial charge in [0.25, 0.3) is 0 Å². The second kappa shape index (κ2) is 8.88. The lowest BCUT2D eigenvalue weighted by Gasteiger charge is -2.26. The van der Waals surface area contributed by atoms with Gasteiger partial charge < -0.3 is 14.5 Å². The highest BCUT2D eigenvalue weighted by atomic mass is 32.2. The maximum atomic E-state index is 12.9. The third-order valence-electron chi connectivity index (χ3n) is 3.57. The minimum Gasteiger partial charge on any atom is -0.378 e. The van der Waals surface area contributed by atoms with Crippen LogP contribution < -0.4 is 0 Å². The maximum absolute atomic E-state index is 12.9. The molecule has 5 nitrogen and oxygen atoms in total. The molecule has 0 N–H and O–H groups in total. The molecule has 1 fully saturated rings. The number of thioether (sulfide) groups is 1. The van der Waals surface area contributed by atoms with Gasteiger partial charge in [-0.25, -0.2) is 4.39 Å². The predicted molar refractivity (Wildman–Crippen MR) is 87.6 cm³/mol. The summed E-state index contributed by atoms with van der Waals surface area (Å²) in [5.41, 5.74) is 0.872. The van der Waals surface area contributed by atoms with E-state index in [0.29, 0.717) is 38.6 Å². The molecule has 0 saturated carbocycles. The number of benzene rings is 1. The van der Waals surface area contributed by atoms with E-state index in [9.17, 15) is 14.0 Å². The maximum Gasteiger partial charge on any atom is 0.232 e. The van der Waals surface area contributed by atoms with Crippen molar-refractivity contribution < 1.29 is 18.7 Å². The van der Waals surface area contributed by atoms with Gasteiger partial charge in [-0.3, -0.25) is 9.59 Å². The van der Waals surface area contributed by atoms with Gasteiger partial charge in [0, 0.05) is 26.7 Å². The molecule has 0 bridgehead atoms. The van der Waals surface area contributed by atoms with E-state index in [1.54, 1.807) is 29.0 Å². The number of carbonyl (C=O) groups is 2. The SMILES string of the molecule is CN(Cc1ccc(F)cc1)C(=O)CSCC(=O)N1CCOCC1. The van der Waals surface area contributed by atoms with E-state index in [4.69, 9.17) is 4.74 Å². The Morgan fingerprint density at radius 2 is 1.87 bits per heavy atom. The summed E-state index contributed by atoms with van der Waals surface area (Å²) in [4.78, 5) is 27.4. The van der Waals surface area contributed by atoms with Gasteiger partial charge in [0.15, 0.2) is 0 Å². The molecule has 0 aliphatic carbocycles. The molecule has 1 aliphatic rings. The van der Waals surface area contributed by atoms with Crippen molar-refractivity contribution in [3.8, 4) is 0 Å². The number of halogens is 1. The van der Waals surface area contributed by atoms with Crippen molar-refractivity contribution in [1.29, 1.82) is 0 Å². The third-order valence-corrected chi connectivity index (χ3v) is 4.48. The lowest BCUT2D eigenvalue weighted by Crippen LogP contribution is -2.41. The molecule has 1 aliphatic heterocycles. The van der Waals surface area contributed by atoms with Gasteiger partial charge in [0.1, 0.15) is 5.82 Å². The molecule has 1 saturated heterocycles. The molecule has 0 unspecified atom stereocenters. The first-order valence-corrected chi connectivity index (χ1v) is 8.63. The Morgan fingerprint density at radius 3 is 2.52 bits per heavy atom. The van der Waals surface area contributed by atoms with Crippen molar-refractivity contribution in [1.82, 2.24) is 9.80 Å². The summed E-state index contributed by atoms with van der Waals surface area (Å²) in [7, 11) is 1.70. The van der Waals surface area contributed by atoms with E-state index < -0.39 is 0 Å². The highest BCUT2D eigenvalue weighted by Gasteiger charge is 2.17. The molecular weight excluding hydrogens is 319 g/mol. The number of hydrogen-bond acceptors (Lipinski definition) is 4. The van der Waals surface area contributed by atoms with Crippen LogP contribution in [0.2, 0.25) is 0 Å². The van der Waals surface area contributed by atoms with Crippen LogP contribution >= 0.6 is 11.8 Å². The Morgan fingerprint density at radius 1 is 1.22 bits per heavy atom. The molecule has 126 valence electrons. The molecule has 0 radical (unpaired) electrons. The van der Waals surface area contributed by atoms with Crippen LogP contribution in [-0.2, 0) is 20.9 Å². The molecule has 2 rings (SSSR count). The Kier molecular flexibility index (Phi) is 6.85. The number of carbonyl (C=O) groups excluding carboxylic acids is 2. The quantitative estimate of drug-likeness (QED) is 0.785. The summed E-state index contributed by atoms with van der Waals surface area (Å²) >= 11 is 1.32. The van der Waals surface area contributed by atoms with Crippen LogP contribution in [0.15, 0.2) is 24.3 Å². The number of nitrogens with zero attached hydrogens (tertiary/aromatic N) is 2. The molecule has 0 atom stereocenters. The first-order valence-electron chi connectivity index (χ1n) is 7.48. The van der Waals surface area contributed by atoms with Gasteiger partial charge in [-0.1, -0.05) is 12.1 Å². The van der Waals surface area contributed by atoms with Crippen LogP contribution in [0.1, 0.15) is 5.56 Å².